The number of benzene rings is 1. The van der Waals surface area contributed by atoms with Crippen molar-refractivity contribution in [3.8, 4) is 5.75 Å². The second kappa shape index (κ2) is 5.72. The highest BCUT2D eigenvalue weighted by atomic mass is 35.5. The minimum atomic E-state index is -0.417. The quantitative estimate of drug-likeness (QED) is 0.820. The van der Waals surface area contributed by atoms with Gasteiger partial charge in [-0.25, -0.2) is 0 Å². The fourth-order valence-corrected chi connectivity index (χ4v) is 1.30. The van der Waals surface area contributed by atoms with Crippen molar-refractivity contribution in [3.63, 3.8) is 0 Å². The normalized spacial score (nSPS) is 12.2. The molecule has 3 N–H and O–H groups in total. The summed E-state index contributed by atoms with van der Waals surface area (Å²) in [5.74, 6) is -0.276. The molecule has 0 aliphatic heterocycles. The molecule has 88 valence electrons. The minimum absolute atomic E-state index is 0.166. The van der Waals surface area contributed by atoms with Crippen LogP contribution in [0.1, 0.15) is 12.5 Å². The van der Waals surface area contributed by atoms with E-state index < -0.39 is 5.91 Å². The summed E-state index contributed by atoms with van der Waals surface area (Å²) in [6.07, 6.45) is 0. The van der Waals surface area contributed by atoms with E-state index in [-0.39, 0.29) is 19.1 Å². The first-order valence-corrected chi connectivity index (χ1v) is 5.23. The van der Waals surface area contributed by atoms with E-state index >= 15 is 0 Å². The molecule has 5 heteroatoms. The number of carbonyl (C=O) groups is 1. The van der Waals surface area contributed by atoms with Crippen LogP contribution in [-0.4, -0.2) is 17.6 Å². The number of aliphatic hydroxyl groups excluding tert-OH is 1. The van der Waals surface area contributed by atoms with Crippen molar-refractivity contribution in [1.82, 2.24) is 0 Å². The first kappa shape index (κ1) is 12.8. The number of aliphatic hydroxyl groups is 1. The molecule has 1 unspecified atom stereocenters. The summed E-state index contributed by atoms with van der Waals surface area (Å²) in [6.45, 7) is 1.70. The monoisotopic (exact) mass is 243 g/mol. The van der Waals surface area contributed by atoms with Crippen molar-refractivity contribution in [1.29, 1.82) is 0 Å². The van der Waals surface area contributed by atoms with Crippen LogP contribution in [0.25, 0.3) is 0 Å². The maximum absolute atomic E-state index is 10.8. The average molecular weight is 244 g/mol. The number of primary amides is 1. The van der Waals surface area contributed by atoms with Crippen molar-refractivity contribution in [3.05, 3.63) is 28.8 Å². The second-order valence-corrected chi connectivity index (χ2v) is 3.96. The lowest BCUT2D eigenvalue weighted by molar-refractivity contribution is -0.122. The SMILES string of the molecule is CC(COc1ccc(Cl)cc1CO)C(N)=O. The van der Waals surface area contributed by atoms with Crippen LogP contribution in [0.4, 0.5) is 0 Å². The molecule has 0 saturated heterocycles. The van der Waals surface area contributed by atoms with Crippen molar-refractivity contribution in [2.24, 2.45) is 11.7 Å². The predicted molar refractivity (Wildman–Crippen MR) is 61.2 cm³/mol. The van der Waals surface area contributed by atoms with Crippen LogP contribution >= 0.6 is 11.6 Å². The van der Waals surface area contributed by atoms with Crippen molar-refractivity contribution in [2.75, 3.05) is 6.61 Å². The van der Waals surface area contributed by atoms with Crippen LogP contribution in [0, 0.1) is 5.92 Å². The van der Waals surface area contributed by atoms with Crippen molar-refractivity contribution < 1.29 is 14.6 Å². The molecule has 1 amide bonds. The van der Waals surface area contributed by atoms with Gasteiger partial charge in [0.1, 0.15) is 5.75 Å². The molecule has 0 bridgehead atoms. The molecule has 4 nitrogen and oxygen atoms in total. The van der Waals surface area contributed by atoms with E-state index in [2.05, 4.69) is 0 Å². The molecule has 0 heterocycles. The number of ether oxygens (including phenoxy) is 1. The molecule has 1 aromatic carbocycles. The predicted octanol–water partition coefficient (Wildman–Crippen LogP) is 1.33. The van der Waals surface area contributed by atoms with Crippen molar-refractivity contribution in [2.45, 2.75) is 13.5 Å². The average Bonchev–Trinajstić information content (AvgIpc) is 2.26. The first-order valence-electron chi connectivity index (χ1n) is 4.86. The number of amides is 1. The summed E-state index contributed by atoms with van der Waals surface area (Å²) in [5, 5.41) is 9.61. The molecular weight excluding hydrogens is 230 g/mol. The number of halogens is 1. The largest absolute Gasteiger partial charge is 0.492 e. The number of hydrogen-bond acceptors (Lipinski definition) is 3. The molecule has 0 fully saturated rings. The zero-order chi connectivity index (χ0) is 12.1. The topological polar surface area (TPSA) is 72.6 Å². The smallest absolute Gasteiger partial charge is 0.223 e. The Kier molecular flexibility index (Phi) is 4.58. The fraction of sp³-hybridized carbons (Fsp3) is 0.364. The van der Waals surface area contributed by atoms with E-state index in [1.54, 1.807) is 25.1 Å². The van der Waals surface area contributed by atoms with E-state index in [0.29, 0.717) is 16.3 Å². The van der Waals surface area contributed by atoms with Gasteiger partial charge >= 0.3 is 0 Å². The van der Waals surface area contributed by atoms with Gasteiger partial charge in [-0.1, -0.05) is 18.5 Å². The third-order valence-corrected chi connectivity index (χ3v) is 2.40. The number of carbonyl (C=O) groups excluding carboxylic acids is 1. The third kappa shape index (κ3) is 3.40. The van der Waals surface area contributed by atoms with Crippen LogP contribution in [-0.2, 0) is 11.4 Å². The number of nitrogens with two attached hydrogens (primary N) is 1. The van der Waals surface area contributed by atoms with Crippen LogP contribution in [0.2, 0.25) is 5.02 Å². The Hall–Kier alpha value is -1.26. The summed E-state index contributed by atoms with van der Waals surface area (Å²) in [6, 6.07) is 4.93. The lowest BCUT2D eigenvalue weighted by Crippen LogP contribution is -2.25. The van der Waals surface area contributed by atoms with E-state index in [4.69, 9.17) is 27.2 Å². The van der Waals surface area contributed by atoms with Crippen LogP contribution < -0.4 is 10.5 Å². The molecule has 0 aliphatic rings. The Morgan fingerprint density at radius 2 is 2.31 bits per heavy atom. The van der Waals surface area contributed by atoms with Gasteiger partial charge in [0.05, 0.1) is 19.1 Å². The summed E-state index contributed by atoms with van der Waals surface area (Å²) >= 11 is 5.77. The Morgan fingerprint density at radius 3 is 2.88 bits per heavy atom. The van der Waals surface area contributed by atoms with Gasteiger partial charge in [0.25, 0.3) is 0 Å². The summed E-state index contributed by atoms with van der Waals surface area (Å²) in [4.78, 5) is 10.8. The van der Waals surface area contributed by atoms with Gasteiger partial charge in [0, 0.05) is 10.6 Å². The highest BCUT2D eigenvalue weighted by Crippen LogP contribution is 2.23. The Labute approximate surface area is 99.0 Å². The standard InChI is InChI=1S/C11H14ClNO3/c1-7(11(13)15)6-16-10-3-2-9(12)4-8(10)5-14/h2-4,7,14H,5-6H2,1H3,(H2,13,15). The zero-order valence-electron chi connectivity index (χ0n) is 8.94. The van der Waals surface area contributed by atoms with Crippen LogP contribution in [0.5, 0.6) is 5.75 Å². The van der Waals surface area contributed by atoms with Gasteiger partial charge in [-0.3, -0.25) is 4.79 Å². The molecule has 0 saturated carbocycles. The highest BCUT2D eigenvalue weighted by molar-refractivity contribution is 6.30. The highest BCUT2D eigenvalue weighted by Gasteiger charge is 2.11. The summed E-state index contributed by atoms with van der Waals surface area (Å²) in [7, 11) is 0. The van der Waals surface area contributed by atoms with E-state index in [0.717, 1.165) is 0 Å². The number of rotatable bonds is 5. The molecular formula is C11H14ClNO3. The van der Waals surface area contributed by atoms with Gasteiger partial charge in [-0.15, -0.1) is 0 Å². The van der Waals surface area contributed by atoms with E-state index in [1.165, 1.54) is 0 Å². The molecule has 1 aromatic rings. The molecule has 0 aromatic heterocycles. The summed E-state index contributed by atoms with van der Waals surface area (Å²) in [5.41, 5.74) is 5.69. The van der Waals surface area contributed by atoms with Gasteiger partial charge in [0.2, 0.25) is 5.91 Å². The fourth-order valence-electron chi connectivity index (χ4n) is 1.11. The zero-order valence-corrected chi connectivity index (χ0v) is 9.70. The van der Waals surface area contributed by atoms with Gasteiger partial charge in [-0.05, 0) is 18.2 Å². The van der Waals surface area contributed by atoms with Gasteiger partial charge in [-0.2, -0.15) is 0 Å². The van der Waals surface area contributed by atoms with E-state index in [1.807, 2.05) is 0 Å². The summed E-state index contributed by atoms with van der Waals surface area (Å²) < 4.78 is 5.39. The van der Waals surface area contributed by atoms with Crippen LogP contribution in [0.3, 0.4) is 0 Å². The van der Waals surface area contributed by atoms with E-state index in [9.17, 15) is 4.79 Å². The molecule has 1 rings (SSSR count). The maximum atomic E-state index is 10.8. The molecule has 1 atom stereocenters. The lowest BCUT2D eigenvalue weighted by Gasteiger charge is -2.12. The van der Waals surface area contributed by atoms with Crippen LogP contribution in [0.15, 0.2) is 18.2 Å². The Balaban J connectivity index is 2.70. The second-order valence-electron chi connectivity index (χ2n) is 3.52. The lowest BCUT2D eigenvalue weighted by atomic mass is 10.2. The maximum Gasteiger partial charge on any atom is 0.223 e. The third-order valence-electron chi connectivity index (χ3n) is 2.17. The first-order chi connectivity index (χ1) is 7.54. The molecule has 0 aliphatic carbocycles. The molecule has 16 heavy (non-hydrogen) atoms. The van der Waals surface area contributed by atoms with Gasteiger partial charge in [0.15, 0.2) is 0 Å². The molecule has 0 radical (unpaired) electrons. The molecule has 0 spiro atoms. The number of hydrogen-bond donors (Lipinski definition) is 2. The minimum Gasteiger partial charge on any atom is -0.492 e. The van der Waals surface area contributed by atoms with Crippen molar-refractivity contribution >= 4 is 17.5 Å². The van der Waals surface area contributed by atoms with Gasteiger partial charge < -0.3 is 15.6 Å². The Morgan fingerprint density at radius 1 is 1.62 bits per heavy atom. The Bertz CT molecular complexity index is 381.